The van der Waals surface area contributed by atoms with Gasteiger partial charge in [0.2, 0.25) is 10.0 Å². The molecule has 0 amide bonds. The number of rotatable bonds is 11. The standard InChI is InChI=1S/C31H30N4O3S2/c1-3-39-31-33-32-30(26-14-18-28(38-2)19-15-26)35(31)27-16-20-29(21-17-27)40(36,37)34(22-24-10-6-4-7-11-24)23-25-12-8-5-9-13-25/h4-21H,3,22-23H2,1-2H3. The van der Waals surface area contributed by atoms with Gasteiger partial charge in [-0.3, -0.25) is 4.57 Å². The van der Waals surface area contributed by atoms with Crippen LogP contribution in [0.3, 0.4) is 0 Å². The lowest BCUT2D eigenvalue weighted by atomic mass is 10.2. The predicted molar refractivity (Wildman–Crippen MR) is 159 cm³/mol. The monoisotopic (exact) mass is 570 g/mol. The van der Waals surface area contributed by atoms with Crippen LogP contribution in [0.2, 0.25) is 0 Å². The Hall–Kier alpha value is -3.92. The summed E-state index contributed by atoms with van der Waals surface area (Å²) in [4.78, 5) is 0.229. The van der Waals surface area contributed by atoms with Crippen molar-refractivity contribution < 1.29 is 13.2 Å². The zero-order chi connectivity index (χ0) is 28.0. The topological polar surface area (TPSA) is 77.3 Å². The molecule has 1 heterocycles. The van der Waals surface area contributed by atoms with Crippen molar-refractivity contribution in [1.29, 1.82) is 0 Å². The van der Waals surface area contributed by atoms with Gasteiger partial charge in [0.25, 0.3) is 0 Å². The maximum absolute atomic E-state index is 13.9. The summed E-state index contributed by atoms with van der Waals surface area (Å²) in [7, 11) is -2.17. The highest BCUT2D eigenvalue weighted by atomic mass is 32.2. The van der Waals surface area contributed by atoms with Crippen molar-refractivity contribution in [2.75, 3.05) is 12.9 Å². The number of hydrogen-bond donors (Lipinski definition) is 0. The van der Waals surface area contributed by atoms with Gasteiger partial charge < -0.3 is 4.74 Å². The number of aromatic nitrogens is 3. The van der Waals surface area contributed by atoms with E-state index in [4.69, 9.17) is 4.74 Å². The molecule has 0 atom stereocenters. The molecule has 40 heavy (non-hydrogen) atoms. The first-order valence-corrected chi connectivity index (χ1v) is 15.3. The van der Waals surface area contributed by atoms with Crippen LogP contribution >= 0.6 is 11.8 Å². The summed E-state index contributed by atoms with van der Waals surface area (Å²) in [5.41, 5.74) is 3.51. The minimum Gasteiger partial charge on any atom is -0.497 e. The molecule has 4 aromatic carbocycles. The highest BCUT2D eigenvalue weighted by Crippen LogP contribution is 2.30. The number of sulfonamides is 1. The smallest absolute Gasteiger partial charge is 0.243 e. The fourth-order valence-corrected chi connectivity index (χ4v) is 6.46. The second-order valence-electron chi connectivity index (χ2n) is 9.04. The number of benzene rings is 4. The van der Waals surface area contributed by atoms with E-state index in [1.54, 1.807) is 31.0 Å². The molecule has 0 aliphatic rings. The van der Waals surface area contributed by atoms with Crippen LogP contribution in [0.1, 0.15) is 18.1 Å². The zero-order valence-electron chi connectivity index (χ0n) is 22.3. The molecule has 7 nitrogen and oxygen atoms in total. The molecule has 0 saturated carbocycles. The number of nitrogens with zero attached hydrogens (tertiary/aromatic N) is 4. The molecule has 0 bridgehead atoms. The van der Waals surface area contributed by atoms with E-state index in [2.05, 4.69) is 17.1 Å². The molecule has 0 unspecified atom stereocenters. The Balaban J connectivity index is 1.50. The van der Waals surface area contributed by atoms with Crippen LogP contribution in [0.25, 0.3) is 17.1 Å². The van der Waals surface area contributed by atoms with Crippen LogP contribution in [0.5, 0.6) is 5.75 Å². The number of thioether (sulfide) groups is 1. The molecule has 1 aromatic heterocycles. The number of methoxy groups -OCH3 is 1. The summed E-state index contributed by atoms with van der Waals surface area (Å²) in [6.07, 6.45) is 0. The summed E-state index contributed by atoms with van der Waals surface area (Å²) >= 11 is 1.58. The van der Waals surface area contributed by atoms with Crippen molar-refractivity contribution in [3.8, 4) is 22.8 Å². The van der Waals surface area contributed by atoms with Gasteiger partial charge in [0.1, 0.15) is 5.75 Å². The number of ether oxygens (including phenoxy) is 1. The second kappa shape index (κ2) is 12.5. The third-order valence-corrected chi connectivity index (χ3v) is 9.01. The minimum absolute atomic E-state index is 0.229. The van der Waals surface area contributed by atoms with Gasteiger partial charge in [-0.2, -0.15) is 4.31 Å². The van der Waals surface area contributed by atoms with Crippen LogP contribution in [-0.4, -0.2) is 40.4 Å². The Labute approximate surface area is 239 Å². The predicted octanol–water partition coefficient (Wildman–Crippen LogP) is 6.45. The Kier molecular flexibility index (Phi) is 8.64. The molecule has 0 radical (unpaired) electrons. The van der Waals surface area contributed by atoms with Crippen molar-refractivity contribution in [3.05, 3.63) is 120 Å². The van der Waals surface area contributed by atoms with E-state index in [1.165, 1.54) is 4.31 Å². The Morgan fingerprint density at radius 1 is 0.775 bits per heavy atom. The van der Waals surface area contributed by atoms with Gasteiger partial charge in [-0.15, -0.1) is 10.2 Å². The van der Waals surface area contributed by atoms with E-state index in [-0.39, 0.29) is 18.0 Å². The van der Waals surface area contributed by atoms with Gasteiger partial charge in [0.15, 0.2) is 11.0 Å². The quantitative estimate of drug-likeness (QED) is 0.170. The molecule has 0 N–H and O–H groups in total. The van der Waals surface area contributed by atoms with Gasteiger partial charge in [-0.25, -0.2) is 8.42 Å². The van der Waals surface area contributed by atoms with Crippen molar-refractivity contribution in [1.82, 2.24) is 19.1 Å². The highest BCUT2D eigenvalue weighted by molar-refractivity contribution is 7.99. The second-order valence-corrected chi connectivity index (χ2v) is 12.2. The molecule has 5 aromatic rings. The van der Waals surface area contributed by atoms with Gasteiger partial charge in [0.05, 0.1) is 12.0 Å². The Bertz CT molecular complexity index is 1600. The fraction of sp³-hybridized carbons (Fsp3) is 0.161. The molecule has 5 rings (SSSR count). The van der Waals surface area contributed by atoms with Crippen LogP contribution in [0.4, 0.5) is 0 Å². The molecule has 9 heteroatoms. The van der Waals surface area contributed by atoms with Crippen LogP contribution in [0, 0.1) is 0 Å². The van der Waals surface area contributed by atoms with E-state index in [0.717, 1.165) is 39.0 Å². The maximum Gasteiger partial charge on any atom is 0.243 e. The highest BCUT2D eigenvalue weighted by Gasteiger charge is 2.26. The van der Waals surface area contributed by atoms with Gasteiger partial charge in [-0.1, -0.05) is 79.3 Å². The normalized spacial score (nSPS) is 11.6. The molecule has 0 saturated heterocycles. The summed E-state index contributed by atoms with van der Waals surface area (Å²) < 4.78 is 36.6. The summed E-state index contributed by atoms with van der Waals surface area (Å²) in [6, 6.07) is 33.9. The summed E-state index contributed by atoms with van der Waals surface area (Å²) in [6.45, 7) is 2.59. The van der Waals surface area contributed by atoms with Crippen LogP contribution in [0.15, 0.2) is 119 Å². The SMILES string of the molecule is CCSc1nnc(-c2ccc(OC)cc2)n1-c1ccc(S(=O)(=O)N(Cc2ccccc2)Cc2ccccc2)cc1. The van der Waals surface area contributed by atoms with Crippen molar-refractivity contribution in [2.45, 2.75) is 30.1 Å². The van der Waals surface area contributed by atoms with Gasteiger partial charge in [-0.05, 0) is 65.4 Å². The third kappa shape index (κ3) is 6.12. The van der Waals surface area contributed by atoms with Gasteiger partial charge in [0, 0.05) is 24.3 Å². The Morgan fingerprint density at radius 3 is 1.88 bits per heavy atom. The van der Waals surface area contributed by atoms with Gasteiger partial charge >= 0.3 is 0 Å². The van der Waals surface area contributed by atoms with Crippen molar-refractivity contribution in [2.24, 2.45) is 0 Å². The molecule has 0 aliphatic carbocycles. The van der Waals surface area contributed by atoms with E-state index < -0.39 is 10.0 Å². The summed E-state index contributed by atoms with van der Waals surface area (Å²) in [5, 5.41) is 9.60. The molecule has 204 valence electrons. The average Bonchev–Trinajstić information content (AvgIpc) is 3.42. The van der Waals surface area contributed by atoms with E-state index in [0.29, 0.717) is 5.82 Å². The van der Waals surface area contributed by atoms with Crippen molar-refractivity contribution >= 4 is 21.8 Å². The fourth-order valence-electron chi connectivity index (χ4n) is 4.37. The molecule has 0 fully saturated rings. The largest absolute Gasteiger partial charge is 0.497 e. The zero-order valence-corrected chi connectivity index (χ0v) is 24.0. The lowest BCUT2D eigenvalue weighted by Gasteiger charge is -2.23. The van der Waals surface area contributed by atoms with E-state index in [9.17, 15) is 8.42 Å². The maximum atomic E-state index is 13.9. The van der Waals surface area contributed by atoms with Crippen LogP contribution in [-0.2, 0) is 23.1 Å². The Morgan fingerprint density at radius 2 is 1.35 bits per heavy atom. The van der Waals surface area contributed by atoms with E-state index >= 15 is 0 Å². The van der Waals surface area contributed by atoms with Crippen molar-refractivity contribution in [3.63, 3.8) is 0 Å². The molecule has 0 aliphatic heterocycles. The van der Waals surface area contributed by atoms with E-state index in [1.807, 2.05) is 102 Å². The number of hydrogen-bond acceptors (Lipinski definition) is 6. The molecular formula is C31H30N4O3S2. The first kappa shape index (κ1) is 27.6. The van der Waals surface area contributed by atoms with Crippen LogP contribution < -0.4 is 4.74 Å². The lowest BCUT2D eigenvalue weighted by Crippen LogP contribution is -2.30. The first-order chi connectivity index (χ1) is 19.5. The first-order valence-electron chi connectivity index (χ1n) is 12.9. The average molecular weight is 571 g/mol. The minimum atomic E-state index is -3.80. The third-order valence-electron chi connectivity index (χ3n) is 6.39. The molecule has 0 spiro atoms. The summed E-state index contributed by atoms with van der Waals surface area (Å²) in [5.74, 6) is 2.24. The lowest BCUT2D eigenvalue weighted by molar-refractivity contribution is 0.401. The molecular weight excluding hydrogens is 541 g/mol.